The molecule has 1 aromatic rings. The van der Waals surface area contributed by atoms with Gasteiger partial charge >= 0.3 is 0 Å². The zero-order valence-corrected chi connectivity index (χ0v) is 14.6. The summed E-state index contributed by atoms with van der Waals surface area (Å²) in [4.78, 5) is 20.6. The Balaban J connectivity index is 1.80. The maximum absolute atomic E-state index is 12.0. The summed E-state index contributed by atoms with van der Waals surface area (Å²) < 4.78 is 0.988. The molecule has 0 aromatic carbocycles. The number of amides is 1. The first-order valence-corrected chi connectivity index (χ1v) is 8.82. The van der Waals surface area contributed by atoms with Gasteiger partial charge < -0.3 is 9.80 Å². The number of pyridine rings is 1. The molecule has 1 aliphatic heterocycles. The third kappa shape index (κ3) is 4.45. The van der Waals surface area contributed by atoms with E-state index in [0.29, 0.717) is 6.42 Å². The SMILES string of the molecule is O=C(CCCCBr)N1CCN(c2ccc(Br)cn2)CC1. The van der Waals surface area contributed by atoms with E-state index in [1.54, 1.807) is 0 Å². The monoisotopic (exact) mass is 403 g/mol. The second-order valence-electron chi connectivity index (χ2n) is 4.85. The van der Waals surface area contributed by atoms with Crippen LogP contribution in [0.15, 0.2) is 22.8 Å². The highest BCUT2D eigenvalue weighted by Gasteiger charge is 2.21. The van der Waals surface area contributed by atoms with Gasteiger partial charge in [0.2, 0.25) is 5.91 Å². The molecule has 20 heavy (non-hydrogen) atoms. The number of anilines is 1. The van der Waals surface area contributed by atoms with Crippen LogP contribution in [0.5, 0.6) is 0 Å². The zero-order valence-electron chi connectivity index (χ0n) is 11.4. The fraction of sp³-hybridized carbons (Fsp3) is 0.571. The van der Waals surface area contributed by atoms with E-state index in [4.69, 9.17) is 0 Å². The van der Waals surface area contributed by atoms with Crippen molar-refractivity contribution in [2.24, 2.45) is 0 Å². The van der Waals surface area contributed by atoms with E-state index >= 15 is 0 Å². The highest BCUT2D eigenvalue weighted by atomic mass is 79.9. The molecule has 0 radical (unpaired) electrons. The van der Waals surface area contributed by atoms with Crippen molar-refractivity contribution in [2.75, 3.05) is 36.4 Å². The van der Waals surface area contributed by atoms with Crippen molar-refractivity contribution in [3.8, 4) is 0 Å². The van der Waals surface area contributed by atoms with Gasteiger partial charge in [-0.05, 0) is 40.9 Å². The Bertz CT molecular complexity index is 431. The van der Waals surface area contributed by atoms with Crippen LogP contribution in [0.25, 0.3) is 0 Å². The molecule has 1 aromatic heterocycles. The molecule has 2 heterocycles. The van der Waals surface area contributed by atoms with Gasteiger partial charge in [-0.1, -0.05) is 15.9 Å². The van der Waals surface area contributed by atoms with Gasteiger partial charge in [0, 0.05) is 48.6 Å². The Morgan fingerprint density at radius 2 is 1.95 bits per heavy atom. The van der Waals surface area contributed by atoms with E-state index in [1.807, 2.05) is 23.2 Å². The molecule has 0 unspecified atom stereocenters. The van der Waals surface area contributed by atoms with Crippen molar-refractivity contribution in [2.45, 2.75) is 19.3 Å². The number of carbonyl (C=O) groups excluding carboxylic acids is 1. The summed E-state index contributed by atoms with van der Waals surface area (Å²) in [5.74, 6) is 1.27. The fourth-order valence-electron chi connectivity index (χ4n) is 2.27. The zero-order chi connectivity index (χ0) is 14.4. The highest BCUT2D eigenvalue weighted by Crippen LogP contribution is 2.17. The third-order valence-corrected chi connectivity index (χ3v) is 4.47. The van der Waals surface area contributed by atoms with Crippen LogP contribution in [0.2, 0.25) is 0 Å². The van der Waals surface area contributed by atoms with E-state index in [0.717, 1.165) is 54.6 Å². The van der Waals surface area contributed by atoms with E-state index in [1.165, 1.54) is 0 Å². The molecule has 0 atom stereocenters. The smallest absolute Gasteiger partial charge is 0.222 e. The molecule has 1 saturated heterocycles. The van der Waals surface area contributed by atoms with Crippen molar-refractivity contribution in [3.63, 3.8) is 0 Å². The summed E-state index contributed by atoms with van der Waals surface area (Å²) in [7, 11) is 0. The number of nitrogens with zero attached hydrogens (tertiary/aromatic N) is 3. The summed E-state index contributed by atoms with van der Waals surface area (Å²) in [6.07, 6.45) is 4.52. The average molecular weight is 405 g/mol. The minimum absolute atomic E-state index is 0.286. The minimum atomic E-state index is 0.286. The lowest BCUT2D eigenvalue weighted by Gasteiger charge is -2.35. The lowest BCUT2D eigenvalue weighted by Crippen LogP contribution is -2.49. The highest BCUT2D eigenvalue weighted by molar-refractivity contribution is 9.10. The summed E-state index contributed by atoms with van der Waals surface area (Å²) >= 11 is 6.78. The average Bonchev–Trinajstić information content (AvgIpc) is 2.48. The molecule has 4 nitrogen and oxygen atoms in total. The lowest BCUT2D eigenvalue weighted by molar-refractivity contribution is -0.131. The van der Waals surface area contributed by atoms with E-state index < -0.39 is 0 Å². The van der Waals surface area contributed by atoms with Crippen molar-refractivity contribution < 1.29 is 4.79 Å². The summed E-state index contributed by atoms with van der Waals surface area (Å²) in [6, 6.07) is 4.01. The van der Waals surface area contributed by atoms with Gasteiger partial charge in [0.1, 0.15) is 5.82 Å². The van der Waals surface area contributed by atoms with Gasteiger partial charge in [0.25, 0.3) is 0 Å². The van der Waals surface area contributed by atoms with E-state index in [-0.39, 0.29) is 5.91 Å². The summed E-state index contributed by atoms with van der Waals surface area (Å²) in [5, 5.41) is 0.975. The fourth-order valence-corrected chi connectivity index (χ4v) is 2.90. The van der Waals surface area contributed by atoms with Gasteiger partial charge in [-0.25, -0.2) is 4.98 Å². The third-order valence-electron chi connectivity index (χ3n) is 3.44. The quantitative estimate of drug-likeness (QED) is 0.559. The molecule has 0 spiro atoms. The van der Waals surface area contributed by atoms with Crippen molar-refractivity contribution in [1.29, 1.82) is 0 Å². The Morgan fingerprint density at radius 1 is 1.20 bits per heavy atom. The second kappa shape index (κ2) is 7.98. The van der Waals surface area contributed by atoms with Crippen molar-refractivity contribution >= 4 is 43.6 Å². The number of alkyl halides is 1. The molecule has 0 saturated carbocycles. The molecule has 0 N–H and O–H groups in total. The van der Waals surface area contributed by atoms with Crippen LogP contribution in [0.1, 0.15) is 19.3 Å². The summed E-state index contributed by atoms with van der Waals surface area (Å²) in [6.45, 7) is 3.31. The molecular weight excluding hydrogens is 386 g/mol. The topological polar surface area (TPSA) is 36.4 Å². The Kier molecular flexibility index (Phi) is 6.29. The van der Waals surface area contributed by atoms with Crippen LogP contribution in [-0.4, -0.2) is 47.3 Å². The number of rotatable bonds is 5. The van der Waals surface area contributed by atoms with Gasteiger partial charge in [-0.2, -0.15) is 0 Å². The van der Waals surface area contributed by atoms with E-state index in [2.05, 4.69) is 41.7 Å². The van der Waals surface area contributed by atoms with Crippen LogP contribution < -0.4 is 4.90 Å². The molecule has 110 valence electrons. The number of unbranched alkanes of at least 4 members (excludes halogenated alkanes) is 1. The number of halogens is 2. The lowest BCUT2D eigenvalue weighted by atomic mass is 10.2. The van der Waals surface area contributed by atoms with Crippen LogP contribution in [0.3, 0.4) is 0 Å². The van der Waals surface area contributed by atoms with Crippen LogP contribution >= 0.6 is 31.9 Å². The van der Waals surface area contributed by atoms with Gasteiger partial charge in [-0.3, -0.25) is 4.79 Å². The predicted molar refractivity (Wildman–Crippen MR) is 88.4 cm³/mol. The van der Waals surface area contributed by atoms with Crippen LogP contribution in [0, 0.1) is 0 Å². The minimum Gasteiger partial charge on any atom is -0.353 e. The van der Waals surface area contributed by atoms with Gasteiger partial charge in [0.15, 0.2) is 0 Å². The predicted octanol–water partition coefficient (Wildman–Crippen LogP) is 3.06. The van der Waals surface area contributed by atoms with E-state index in [9.17, 15) is 4.79 Å². The summed E-state index contributed by atoms with van der Waals surface area (Å²) in [5.41, 5.74) is 0. The molecule has 1 amide bonds. The first-order chi connectivity index (χ1) is 9.70. The molecule has 6 heteroatoms. The number of hydrogen-bond donors (Lipinski definition) is 0. The molecule has 0 bridgehead atoms. The number of carbonyl (C=O) groups is 1. The normalized spacial score (nSPS) is 15.5. The van der Waals surface area contributed by atoms with Gasteiger partial charge in [0.05, 0.1) is 0 Å². The molecule has 1 aliphatic rings. The molecule has 1 fully saturated rings. The first kappa shape index (κ1) is 15.8. The standard InChI is InChI=1S/C14H19Br2N3O/c15-6-2-1-3-14(20)19-9-7-18(8-10-19)13-5-4-12(16)11-17-13/h4-5,11H,1-3,6-10H2. The Morgan fingerprint density at radius 3 is 2.55 bits per heavy atom. The molecule has 0 aliphatic carbocycles. The Labute approximate surface area is 136 Å². The maximum Gasteiger partial charge on any atom is 0.222 e. The van der Waals surface area contributed by atoms with Crippen LogP contribution in [-0.2, 0) is 4.79 Å². The second-order valence-corrected chi connectivity index (χ2v) is 6.56. The first-order valence-electron chi connectivity index (χ1n) is 6.91. The van der Waals surface area contributed by atoms with Crippen molar-refractivity contribution in [3.05, 3.63) is 22.8 Å². The number of hydrogen-bond acceptors (Lipinski definition) is 3. The largest absolute Gasteiger partial charge is 0.353 e. The van der Waals surface area contributed by atoms with Crippen LogP contribution in [0.4, 0.5) is 5.82 Å². The molecular formula is C14H19Br2N3O. The number of piperazine rings is 1. The Hall–Kier alpha value is -0.620. The van der Waals surface area contributed by atoms with Crippen molar-refractivity contribution in [1.82, 2.24) is 9.88 Å². The molecule has 2 rings (SSSR count). The maximum atomic E-state index is 12.0. The number of aromatic nitrogens is 1. The van der Waals surface area contributed by atoms with Gasteiger partial charge in [-0.15, -0.1) is 0 Å².